The van der Waals surface area contributed by atoms with Crippen molar-refractivity contribution < 1.29 is 23.8 Å². The van der Waals surface area contributed by atoms with Crippen LogP contribution in [0.4, 0.5) is 5.69 Å². The van der Waals surface area contributed by atoms with Gasteiger partial charge in [-0.25, -0.2) is 4.79 Å². The maximum Gasteiger partial charge on any atom is 0.337 e. The van der Waals surface area contributed by atoms with Crippen LogP contribution in [0.25, 0.3) is 22.2 Å². The summed E-state index contributed by atoms with van der Waals surface area (Å²) in [5.41, 5.74) is 5.42. The molecule has 33 heavy (non-hydrogen) atoms. The molecular formula is C26H32N2O5. The van der Waals surface area contributed by atoms with Gasteiger partial charge in [0.05, 0.1) is 32.1 Å². The molecule has 3 rings (SSSR count). The molecule has 7 nitrogen and oxygen atoms in total. The van der Waals surface area contributed by atoms with E-state index in [1.807, 2.05) is 19.1 Å². The van der Waals surface area contributed by atoms with Gasteiger partial charge < -0.3 is 24.1 Å². The minimum absolute atomic E-state index is 0.166. The molecule has 0 saturated heterocycles. The van der Waals surface area contributed by atoms with E-state index in [1.165, 1.54) is 7.11 Å². The van der Waals surface area contributed by atoms with Crippen molar-refractivity contribution in [2.45, 2.75) is 33.6 Å². The van der Waals surface area contributed by atoms with Crippen molar-refractivity contribution in [2.24, 2.45) is 0 Å². The maximum atomic E-state index is 11.9. The van der Waals surface area contributed by atoms with Gasteiger partial charge in [-0.05, 0) is 63.1 Å². The molecule has 176 valence electrons. The van der Waals surface area contributed by atoms with Crippen molar-refractivity contribution in [3.8, 4) is 17.0 Å². The van der Waals surface area contributed by atoms with E-state index in [9.17, 15) is 9.59 Å². The number of carbonyl (C=O) groups is 2. The van der Waals surface area contributed by atoms with Gasteiger partial charge in [0.15, 0.2) is 0 Å². The number of nitrogens with one attached hydrogen (secondary N) is 1. The Kier molecular flexibility index (Phi) is 7.98. The summed E-state index contributed by atoms with van der Waals surface area (Å²) in [6.07, 6.45) is 1.10. The highest BCUT2D eigenvalue weighted by Crippen LogP contribution is 2.37. The number of aromatic amines is 1. The van der Waals surface area contributed by atoms with E-state index in [2.05, 4.69) is 35.9 Å². The van der Waals surface area contributed by atoms with Gasteiger partial charge in [0.1, 0.15) is 5.75 Å². The minimum atomic E-state index is -0.363. The molecule has 0 saturated carbocycles. The Morgan fingerprint density at radius 1 is 1.06 bits per heavy atom. The summed E-state index contributed by atoms with van der Waals surface area (Å²) in [7, 11) is 3.04. The number of hydrogen-bond donors (Lipinski definition) is 1. The third-order valence-corrected chi connectivity index (χ3v) is 5.70. The van der Waals surface area contributed by atoms with Gasteiger partial charge in [0.25, 0.3) is 0 Å². The number of anilines is 1. The van der Waals surface area contributed by atoms with Gasteiger partial charge in [0, 0.05) is 41.7 Å². The van der Waals surface area contributed by atoms with Gasteiger partial charge in [-0.2, -0.15) is 0 Å². The van der Waals surface area contributed by atoms with Crippen LogP contribution in [0.5, 0.6) is 5.75 Å². The first-order valence-electron chi connectivity index (χ1n) is 11.2. The van der Waals surface area contributed by atoms with Crippen molar-refractivity contribution in [3.05, 3.63) is 47.5 Å². The Hall–Kier alpha value is -3.48. The predicted octanol–water partition coefficient (Wildman–Crippen LogP) is 5.11. The molecule has 0 aliphatic rings. The van der Waals surface area contributed by atoms with Crippen molar-refractivity contribution in [1.29, 1.82) is 0 Å². The number of esters is 2. The van der Waals surface area contributed by atoms with E-state index in [0.717, 1.165) is 52.3 Å². The van der Waals surface area contributed by atoms with Crippen LogP contribution >= 0.6 is 0 Å². The summed E-state index contributed by atoms with van der Waals surface area (Å²) in [6, 6.07) is 11.7. The van der Waals surface area contributed by atoms with E-state index >= 15 is 0 Å². The number of H-pyrrole nitrogens is 1. The van der Waals surface area contributed by atoms with Crippen LogP contribution in [0.3, 0.4) is 0 Å². The van der Waals surface area contributed by atoms with Crippen LogP contribution in [0.1, 0.15) is 42.6 Å². The summed E-state index contributed by atoms with van der Waals surface area (Å²) in [6.45, 7) is 7.90. The Morgan fingerprint density at radius 3 is 2.52 bits per heavy atom. The molecule has 0 fully saturated rings. The van der Waals surface area contributed by atoms with Gasteiger partial charge >= 0.3 is 11.9 Å². The Balaban J connectivity index is 1.89. The molecule has 2 aromatic carbocycles. The number of carbonyl (C=O) groups excluding carboxylic acids is 2. The lowest BCUT2D eigenvalue weighted by Crippen LogP contribution is -2.25. The zero-order chi connectivity index (χ0) is 24.0. The number of methoxy groups -OCH3 is 2. The average Bonchev–Trinajstić information content (AvgIpc) is 3.24. The molecule has 3 aromatic rings. The topological polar surface area (TPSA) is 80.9 Å². The number of benzene rings is 2. The fourth-order valence-electron chi connectivity index (χ4n) is 3.99. The number of fused-ring (bicyclic) bond motifs is 1. The minimum Gasteiger partial charge on any atom is -0.495 e. The quantitative estimate of drug-likeness (QED) is 0.431. The van der Waals surface area contributed by atoms with Crippen LogP contribution in [-0.2, 0) is 14.3 Å². The van der Waals surface area contributed by atoms with E-state index in [0.29, 0.717) is 25.0 Å². The molecule has 0 bridgehead atoms. The Morgan fingerprint density at radius 2 is 1.85 bits per heavy atom. The number of rotatable bonds is 10. The summed E-state index contributed by atoms with van der Waals surface area (Å²) in [4.78, 5) is 29.2. The Labute approximate surface area is 194 Å². The summed E-state index contributed by atoms with van der Waals surface area (Å²) >= 11 is 0. The highest BCUT2D eigenvalue weighted by Gasteiger charge is 2.17. The van der Waals surface area contributed by atoms with E-state index in [-0.39, 0.29) is 11.9 Å². The smallest absolute Gasteiger partial charge is 0.337 e. The van der Waals surface area contributed by atoms with Gasteiger partial charge in [-0.15, -0.1) is 0 Å². The second kappa shape index (κ2) is 10.9. The molecule has 1 N–H and O–H groups in total. The first-order chi connectivity index (χ1) is 15.9. The first kappa shape index (κ1) is 24.2. The molecule has 0 radical (unpaired) electrons. The van der Waals surface area contributed by atoms with Crippen LogP contribution < -0.4 is 9.64 Å². The normalized spacial score (nSPS) is 10.8. The van der Waals surface area contributed by atoms with Crippen molar-refractivity contribution in [3.63, 3.8) is 0 Å². The van der Waals surface area contributed by atoms with Crippen LogP contribution in [0.2, 0.25) is 0 Å². The number of nitrogens with zero attached hydrogens (tertiary/aromatic N) is 1. The highest BCUT2D eigenvalue weighted by molar-refractivity contribution is 5.96. The summed E-state index contributed by atoms with van der Waals surface area (Å²) in [5, 5.41) is 1.01. The maximum absolute atomic E-state index is 11.9. The number of aryl methyl sites for hydroxylation is 1. The fourth-order valence-corrected chi connectivity index (χ4v) is 3.99. The molecule has 0 unspecified atom stereocenters. The third kappa shape index (κ3) is 5.48. The predicted molar refractivity (Wildman–Crippen MR) is 130 cm³/mol. The van der Waals surface area contributed by atoms with E-state index < -0.39 is 0 Å². The zero-order valence-corrected chi connectivity index (χ0v) is 20.0. The lowest BCUT2D eigenvalue weighted by molar-refractivity contribution is -0.143. The van der Waals surface area contributed by atoms with Gasteiger partial charge in [-0.3, -0.25) is 4.79 Å². The largest absolute Gasteiger partial charge is 0.495 e. The van der Waals surface area contributed by atoms with Crippen molar-refractivity contribution in [2.75, 3.05) is 38.8 Å². The second-order valence-electron chi connectivity index (χ2n) is 7.80. The third-order valence-electron chi connectivity index (χ3n) is 5.70. The van der Waals surface area contributed by atoms with Gasteiger partial charge in [-0.1, -0.05) is 6.07 Å². The lowest BCUT2D eigenvalue weighted by atomic mass is 10.0. The average molecular weight is 453 g/mol. The standard InChI is InChI=1S/C26H32N2O5/c1-6-28(12-8-9-25(29)33-7-2)23-13-17(3)20(16-24(23)31-4)22-14-18-10-11-19(26(30)32-5)15-21(18)27-22/h10-11,13-16,27H,6-9,12H2,1-5H3. The summed E-state index contributed by atoms with van der Waals surface area (Å²) < 4.78 is 15.6. The lowest BCUT2D eigenvalue weighted by Gasteiger charge is -2.26. The molecule has 0 aliphatic heterocycles. The second-order valence-corrected chi connectivity index (χ2v) is 7.80. The summed E-state index contributed by atoms with van der Waals surface area (Å²) in [5.74, 6) is 0.238. The molecule has 7 heteroatoms. The molecule has 0 amide bonds. The molecule has 0 atom stereocenters. The van der Waals surface area contributed by atoms with E-state index in [4.69, 9.17) is 14.2 Å². The number of hydrogen-bond acceptors (Lipinski definition) is 6. The van der Waals surface area contributed by atoms with Crippen molar-refractivity contribution in [1.82, 2.24) is 4.98 Å². The molecule has 0 aliphatic carbocycles. The Bertz CT molecular complexity index is 1140. The van der Waals surface area contributed by atoms with Crippen LogP contribution in [0, 0.1) is 6.92 Å². The molecular weight excluding hydrogens is 420 g/mol. The SMILES string of the molecule is CCOC(=O)CCCN(CC)c1cc(C)c(-c2cc3ccc(C(=O)OC)cc3[nH]2)cc1OC. The number of ether oxygens (including phenoxy) is 3. The van der Waals surface area contributed by atoms with Crippen LogP contribution in [-0.4, -0.2) is 50.8 Å². The number of aromatic nitrogens is 1. The zero-order valence-electron chi connectivity index (χ0n) is 20.0. The van der Waals surface area contributed by atoms with Gasteiger partial charge in [0.2, 0.25) is 0 Å². The molecule has 1 aromatic heterocycles. The fraction of sp³-hybridized carbons (Fsp3) is 0.385. The highest BCUT2D eigenvalue weighted by atomic mass is 16.5. The molecule has 0 spiro atoms. The van der Waals surface area contributed by atoms with E-state index in [1.54, 1.807) is 19.2 Å². The monoisotopic (exact) mass is 452 g/mol. The van der Waals surface area contributed by atoms with Crippen LogP contribution in [0.15, 0.2) is 36.4 Å². The molecule has 1 heterocycles. The first-order valence-corrected chi connectivity index (χ1v) is 11.2. The van der Waals surface area contributed by atoms with Crippen molar-refractivity contribution >= 4 is 28.5 Å².